The number of benzene rings is 1. The van der Waals surface area contributed by atoms with Gasteiger partial charge in [0.15, 0.2) is 0 Å². The summed E-state index contributed by atoms with van der Waals surface area (Å²) in [5, 5.41) is 9.63. The van der Waals surface area contributed by atoms with Crippen LogP contribution in [0.3, 0.4) is 0 Å². The first-order valence-corrected chi connectivity index (χ1v) is 5.21. The van der Waals surface area contributed by atoms with E-state index in [0.29, 0.717) is 0 Å². The van der Waals surface area contributed by atoms with Gasteiger partial charge in [0.05, 0.1) is 10.6 Å². The molecular weight excluding hydrogens is 254 g/mol. The second-order valence-electron chi connectivity index (χ2n) is 3.57. The molecule has 0 aromatic heterocycles. The van der Waals surface area contributed by atoms with E-state index in [4.69, 9.17) is 0 Å². The zero-order valence-corrected chi connectivity index (χ0v) is 8.89. The number of aliphatic hydroxyl groups excluding tert-OH is 1. The number of hydrogen-bond acceptors (Lipinski definition) is 1. The van der Waals surface area contributed by atoms with Crippen molar-refractivity contribution in [1.82, 2.24) is 0 Å². The van der Waals surface area contributed by atoms with Gasteiger partial charge in [-0.05, 0) is 46.8 Å². The van der Waals surface area contributed by atoms with Crippen LogP contribution in [0, 0.1) is 17.6 Å². The van der Waals surface area contributed by atoms with Crippen molar-refractivity contribution < 1.29 is 13.9 Å². The van der Waals surface area contributed by atoms with Crippen molar-refractivity contribution in [3.8, 4) is 0 Å². The summed E-state index contributed by atoms with van der Waals surface area (Å²) in [7, 11) is 0. The van der Waals surface area contributed by atoms with Gasteiger partial charge in [-0.2, -0.15) is 0 Å². The van der Waals surface area contributed by atoms with E-state index in [-0.39, 0.29) is 16.0 Å². The van der Waals surface area contributed by atoms with E-state index in [1.807, 2.05) is 0 Å². The second kappa shape index (κ2) is 3.59. The third-order valence-electron chi connectivity index (χ3n) is 2.43. The molecule has 0 radical (unpaired) electrons. The van der Waals surface area contributed by atoms with Crippen LogP contribution in [0.1, 0.15) is 24.5 Å². The van der Waals surface area contributed by atoms with E-state index < -0.39 is 17.7 Å². The van der Waals surface area contributed by atoms with Gasteiger partial charge in [-0.15, -0.1) is 0 Å². The van der Waals surface area contributed by atoms with Crippen LogP contribution in [0.2, 0.25) is 0 Å². The Morgan fingerprint density at radius 2 is 1.93 bits per heavy atom. The Bertz CT molecular complexity index is 363. The molecule has 1 unspecified atom stereocenters. The van der Waals surface area contributed by atoms with Gasteiger partial charge in [-0.3, -0.25) is 0 Å². The summed E-state index contributed by atoms with van der Waals surface area (Å²) < 4.78 is 26.5. The minimum atomic E-state index is -0.863. The molecule has 2 rings (SSSR count). The zero-order valence-electron chi connectivity index (χ0n) is 7.30. The lowest BCUT2D eigenvalue weighted by molar-refractivity contribution is 0.149. The van der Waals surface area contributed by atoms with Crippen LogP contribution in [-0.4, -0.2) is 5.11 Å². The monoisotopic (exact) mass is 262 g/mol. The van der Waals surface area contributed by atoms with E-state index in [0.717, 1.165) is 25.0 Å². The van der Waals surface area contributed by atoms with Crippen molar-refractivity contribution in [3.63, 3.8) is 0 Å². The predicted octanol–water partition coefficient (Wildman–Crippen LogP) is 3.17. The molecule has 76 valence electrons. The van der Waals surface area contributed by atoms with Crippen LogP contribution < -0.4 is 0 Å². The molecule has 1 aliphatic rings. The Morgan fingerprint density at radius 3 is 2.50 bits per heavy atom. The molecule has 0 saturated heterocycles. The summed E-state index contributed by atoms with van der Waals surface area (Å²) in [6.07, 6.45) is 0.911. The molecule has 1 fully saturated rings. The topological polar surface area (TPSA) is 20.2 Å². The minimum Gasteiger partial charge on any atom is -0.388 e. The minimum absolute atomic E-state index is 0.0631. The molecule has 4 heteroatoms. The van der Waals surface area contributed by atoms with Gasteiger partial charge >= 0.3 is 0 Å². The smallest absolute Gasteiger partial charge is 0.137 e. The number of hydrogen-bond donors (Lipinski definition) is 1. The summed E-state index contributed by atoms with van der Waals surface area (Å²) in [5.74, 6) is -0.996. The van der Waals surface area contributed by atoms with Gasteiger partial charge in [0.1, 0.15) is 11.6 Å². The third kappa shape index (κ3) is 1.81. The summed E-state index contributed by atoms with van der Waals surface area (Å²) in [6, 6.07) is 2.11. The predicted molar refractivity (Wildman–Crippen MR) is 51.7 cm³/mol. The molecule has 0 heterocycles. The Hall–Kier alpha value is -0.480. The van der Waals surface area contributed by atoms with Crippen LogP contribution >= 0.6 is 15.9 Å². The number of aliphatic hydroxyl groups is 1. The molecule has 14 heavy (non-hydrogen) atoms. The lowest BCUT2D eigenvalue weighted by Gasteiger charge is -2.11. The van der Waals surface area contributed by atoms with Gasteiger partial charge in [0, 0.05) is 5.56 Å². The van der Waals surface area contributed by atoms with E-state index >= 15 is 0 Å². The van der Waals surface area contributed by atoms with E-state index in [1.54, 1.807) is 0 Å². The summed E-state index contributed by atoms with van der Waals surface area (Å²) in [4.78, 5) is 0. The largest absolute Gasteiger partial charge is 0.388 e. The van der Waals surface area contributed by atoms with Crippen LogP contribution in [0.4, 0.5) is 8.78 Å². The Kier molecular flexibility index (Phi) is 2.58. The highest BCUT2D eigenvalue weighted by Gasteiger charge is 2.32. The van der Waals surface area contributed by atoms with Crippen LogP contribution in [-0.2, 0) is 0 Å². The van der Waals surface area contributed by atoms with Crippen molar-refractivity contribution in [2.45, 2.75) is 18.9 Å². The maximum atomic E-state index is 13.3. The molecule has 1 aliphatic carbocycles. The fourth-order valence-electron chi connectivity index (χ4n) is 1.43. The quantitative estimate of drug-likeness (QED) is 0.812. The third-order valence-corrected chi connectivity index (χ3v) is 3.03. The molecule has 0 bridgehead atoms. The first-order valence-electron chi connectivity index (χ1n) is 4.42. The average Bonchev–Trinajstić information content (AvgIpc) is 2.93. The summed E-state index contributed by atoms with van der Waals surface area (Å²) in [6.45, 7) is 0. The zero-order chi connectivity index (χ0) is 10.3. The van der Waals surface area contributed by atoms with Gasteiger partial charge in [-0.25, -0.2) is 8.78 Å². The maximum Gasteiger partial charge on any atom is 0.137 e. The molecule has 0 aliphatic heterocycles. The van der Waals surface area contributed by atoms with Crippen molar-refractivity contribution in [2.75, 3.05) is 0 Å². The lowest BCUT2D eigenvalue weighted by Crippen LogP contribution is -2.03. The van der Waals surface area contributed by atoms with Crippen molar-refractivity contribution in [2.24, 2.45) is 5.92 Å². The molecule has 1 aromatic carbocycles. The van der Waals surface area contributed by atoms with Gasteiger partial charge in [-0.1, -0.05) is 0 Å². The molecule has 0 amide bonds. The summed E-state index contributed by atoms with van der Waals surface area (Å²) in [5.41, 5.74) is 0.0631. The van der Waals surface area contributed by atoms with Gasteiger partial charge < -0.3 is 5.11 Å². The SMILES string of the molecule is OC(c1cc(F)c(Br)cc1F)C1CC1. The Labute approximate surface area is 88.9 Å². The highest BCUT2D eigenvalue weighted by Crippen LogP contribution is 2.42. The standard InChI is InChI=1S/C10H9BrF2O/c11-7-4-8(12)6(3-9(7)13)10(14)5-1-2-5/h3-5,10,14H,1-2H2. The molecule has 1 atom stereocenters. The highest BCUT2D eigenvalue weighted by molar-refractivity contribution is 9.10. The fraction of sp³-hybridized carbons (Fsp3) is 0.400. The first-order chi connectivity index (χ1) is 6.59. The lowest BCUT2D eigenvalue weighted by atomic mass is 10.0. The van der Waals surface area contributed by atoms with Crippen LogP contribution in [0.5, 0.6) is 0 Å². The van der Waals surface area contributed by atoms with Crippen LogP contribution in [0.25, 0.3) is 0 Å². The van der Waals surface area contributed by atoms with Gasteiger partial charge in [0.25, 0.3) is 0 Å². The molecule has 0 spiro atoms. The fourth-order valence-corrected chi connectivity index (χ4v) is 1.75. The average molecular weight is 263 g/mol. The molecule has 1 saturated carbocycles. The Balaban J connectivity index is 2.36. The van der Waals surface area contributed by atoms with E-state index in [1.165, 1.54) is 0 Å². The summed E-state index contributed by atoms with van der Waals surface area (Å²) >= 11 is 2.89. The molecular formula is C10H9BrF2O. The van der Waals surface area contributed by atoms with E-state index in [9.17, 15) is 13.9 Å². The van der Waals surface area contributed by atoms with Crippen LogP contribution in [0.15, 0.2) is 16.6 Å². The van der Waals surface area contributed by atoms with Crippen molar-refractivity contribution in [1.29, 1.82) is 0 Å². The van der Waals surface area contributed by atoms with E-state index in [2.05, 4.69) is 15.9 Å². The number of halogens is 3. The normalized spacial score (nSPS) is 18.3. The maximum absolute atomic E-state index is 13.3. The Morgan fingerprint density at radius 1 is 1.29 bits per heavy atom. The first kappa shape index (κ1) is 10.1. The molecule has 1 aromatic rings. The van der Waals surface area contributed by atoms with Crippen molar-refractivity contribution in [3.05, 3.63) is 33.8 Å². The number of rotatable bonds is 2. The van der Waals surface area contributed by atoms with Gasteiger partial charge in [0.2, 0.25) is 0 Å². The molecule has 1 nitrogen and oxygen atoms in total. The highest BCUT2D eigenvalue weighted by atomic mass is 79.9. The second-order valence-corrected chi connectivity index (χ2v) is 4.42. The molecule has 1 N–H and O–H groups in total. The van der Waals surface area contributed by atoms with Crippen molar-refractivity contribution >= 4 is 15.9 Å².